The van der Waals surface area contributed by atoms with Crippen LogP contribution in [0, 0.1) is 11.3 Å². The van der Waals surface area contributed by atoms with Crippen LogP contribution in [0.2, 0.25) is 15.1 Å². The molecule has 0 aliphatic rings. The van der Waals surface area contributed by atoms with Gasteiger partial charge in [-0.25, -0.2) is 10.2 Å². The number of nitrogens with one attached hydrogen (secondary N) is 1. The number of halogens is 3. The van der Waals surface area contributed by atoms with Gasteiger partial charge in [0.2, 0.25) is 0 Å². The Morgan fingerprint density at radius 2 is 2.13 bits per heavy atom. The minimum atomic E-state index is -0.675. The average Bonchev–Trinajstić information content (AvgIpc) is 2.93. The molecule has 120 valence electrons. The van der Waals surface area contributed by atoms with E-state index in [1.165, 1.54) is 6.20 Å². The number of benzene rings is 1. The molecule has 0 aliphatic carbocycles. The van der Waals surface area contributed by atoms with E-state index < -0.39 is 6.09 Å². The molecule has 0 spiro atoms. The number of amides is 1. The van der Waals surface area contributed by atoms with Crippen molar-refractivity contribution < 1.29 is 9.53 Å². The molecule has 0 unspecified atom stereocenters. The van der Waals surface area contributed by atoms with Crippen LogP contribution in [-0.4, -0.2) is 22.6 Å². The largest absolute Gasteiger partial charge is 0.448 e. The van der Waals surface area contributed by atoms with Crippen molar-refractivity contribution in [2.75, 3.05) is 12.0 Å². The summed E-state index contributed by atoms with van der Waals surface area (Å²) in [5.41, 5.74) is 3.29. The molecular formula is C14H11Cl3N4O2. The maximum atomic E-state index is 11.5. The molecule has 0 radical (unpaired) electrons. The van der Waals surface area contributed by atoms with Crippen molar-refractivity contribution in [1.29, 1.82) is 5.26 Å². The van der Waals surface area contributed by atoms with E-state index in [0.717, 1.165) is 4.79 Å². The smallest absolute Gasteiger partial charge is 0.427 e. The molecule has 2 rings (SSSR count). The summed E-state index contributed by atoms with van der Waals surface area (Å²) in [6.07, 6.45) is 1.37. The average molecular weight is 374 g/mol. The zero-order valence-corrected chi connectivity index (χ0v) is 14.2. The van der Waals surface area contributed by atoms with Gasteiger partial charge in [-0.05, 0) is 18.6 Å². The van der Waals surface area contributed by atoms with Gasteiger partial charge in [0.05, 0.1) is 27.9 Å². The van der Waals surface area contributed by atoms with Crippen LogP contribution < -0.4 is 5.43 Å². The van der Waals surface area contributed by atoms with Gasteiger partial charge in [-0.1, -0.05) is 41.7 Å². The predicted octanol–water partition coefficient (Wildman–Crippen LogP) is 4.47. The summed E-state index contributed by atoms with van der Waals surface area (Å²) >= 11 is 18.1. The second-order valence-electron chi connectivity index (χ2n) is 4.42. The Morgan fingerprint density at radius 3 is 2.78 bits per heavy atom. The lowest BCUT2D eigenvalue weighted by atomic mass is 10.1. The number of aromatic nitrogens is 2. The molecule has 0 atom stereocenters. The van der Waals surface area contributed by atoms with Crippen LogP contribution in [0.5, 0.6) is 0 Å². The van der Waals surface area contributed by atoms with E-state index in [2.05, 4.69) is 10.5 Å². The number of nitrogens with zero attached hydrogens (tertiary/aromatic N) is 3. The summed E-state index contributed by atoms with van der Waals surface area (Å²) in [5, 5.41) is 14.0. The van der Waals surface area contributed by atoms with Crippen LogP contribution in [0.3, 0.4) is 0 Å². The minimum Gasteiger partial charge on any atom is -0.448 e. The van der Waals surface area contributed by atoms with Crippen molar-refractivity contribution in [3.05, 3.63) is 39.0 Å². The molecule has 1 heterocycles. The predicted molar refractivity (Wildman–Crippen MR) is 88.4 cm³/mol. The highest BCUT2D eigenvalue weighted by molar-refractivity contribution is 6.49. The van der Waals surface area contributed by atoms with E-state index >= 15 is 0 Å². The number of nitriles is 1. The third-order valence-corrected chi connectivity index (χ3v) is 4.06. The second-order valence-corrected chi connectivity index (χ2v) is 5.58. The molecular weight excluding hydrogens is 363 g/mol. The van der Waals surface area contributed by atoms with Crippen LogP contribution in [0.25, 0.3) is 11.3 Å². The summed E-state index contributed by atoms with van der Waals surface area (Å²) in [6.45, 7) is 2.16. The topological polar surface area (TPSA) is 79.9 Å². The van der Waals surface area contributed by atoms with Crippen LogP contribution in [0.4, 0.5) is 4.79 Å². The molecule has 0 fully saturated rings. The fraction of sp³-hybridized carbons (Fsp3) is 0.214. The molecule has 0 bridgehead atoms. The molecule has 1 N–H and O–H groups in total. The first-order valence-electron chi connectivity index (χ1n) is 6.55. The van der Waals surface area contributed by atoms with Crippen LogP contribution >= 0.6 is 34.8 Å². The van der Waals surface area contributed by atoms with Crippen molar-refractivity contribution in [2.45, 2.75) is 13.3 Å². The third-order valence-electron chi connectivity index (χ3n) is 2.77. The lowest BCUT2D eigenvalue weighted by Gasteiger charge is -2.06. The first-order valence-corrected chi connectivity index (χ1v) is 7.68. The van der Waals surface area contributed by atoms with Crippen LogP contribution in [0.15, 0.2) is 18.3 Å². The van der Waals surface area contributed by atoms with Gasteiger partial charge in [0.25, 0.3) is 0 Å². The molecule has 23 heavy (non-hydrogen) atoms. The minimum absolute atomic E-state index is 0.166. The molecule has 1 amide bonds. The Labute approximate surface area is 147 Å². The zero-order valence-electron chi connectivity index (χ0n) is 11.9. The van der Waals surface area contributed by atoms with E-state index in [1.807, 2.05) is 13.0 Å². The third kappa shape index (κ3) is 3.88. The van der Waals surface area contributed by atoms with E-state index in [4.69, 9.17) is 39.5 Å². The Bertz CT molecular complexity index is 783. The molecule has 0 saturated heterocycles. The monoisotopic (exact) mass is 372 g/mol. The summed E-state index contributed by atoms with van der Waals surface area (Å²) in [7, 11) is 0. The van der Waals surface area contributed by atoms with E-state index in [0.29, 0.717) is 17.0 Å². The number of carbonyl (C=O) groups excluding carboxylic acids is 1. The summed E-state index contributed by atoms with van der Waals surface area (Å²) in [5.74, 6) is 0. The van der Waals surface area contributed by atoms with Gasteiger partial charge < -0.3 is 4.74 Å². The quantitative estimate of drug-likeness (QED) is 0.802. The summed E-state index contributed by atoms with van der Waals surface area (Å²) < 4.78 is 4.88. The highest BCUT2D eigenvalue weighted by atomic mass is 35.5. The molecule has 6 nitrogen and oxygen atoms in total. The van der Waals surface area contributed by atoms with Gasteiger partial charge in [0, 0.05) is 5.56 Å². The Balaban J connectivity index is 2.36. The highest BCUT2D eigenvalue weighted by Gasteiger charge is 2.18. The van der Waals surface area contributed by atoms with Gasteiger partial charge in [-0.15, -0.1) is 0 Å². The SMILES string of the molecule is CCCOC(=O)Nn1cc(C#N)c(-c2ccc(Cl)c(Cl)c2Cl)n1. The number of carbonyl (C=O) groups is 1. The zero-order chi connectivity index (χ0) is 17.0. The molecule has 0 aliphatic heterocycles. The van der Waals surface area contributed by atoms with Crippen molar-refractivity contribution in [3.63, 3.8) is 0 Å². The lowest BCUT2D eigenvalue weighted by Crippen LogP contribution is -2.24. The van der Waals surface area contributed by atoms with Crippen LogP contribution in [0.1, 0.15) is 18.9 Å². The Kier molecular flexibility index (Phi) is 5.72. The van der Waals surface area contributed by atoms with Gasteiger partial charge >= 0.3 is 6.09 Å². The highest BCUT2D eigenvalue weighted by Crippen LogP contribution is 2.38. The molecule has 1 aromatic carbocycles. The molecule has 0 saturated carbocycles. The normalized spacial score (nSPS) is 10.2. The molecule has 2 aromatic rings. The Hall–Kier alpha value is -1.94. The summed E-state index contributed by atoms with van der Waals surface area (Å²) in [4.78, 5) is 12.6. The Morgan fingerprint density at radius 1 is 1.39 bits per heavy atom. The van der Waals surface area contributed by atoms with Crippen molar-refractivity contribution in [2.24, 2.45) is 0 Å². The number of hydrogen-bond acceptors (Lipinski definition) is 4. The van der Waals surface area contributed by atoms with E-state index in [-0.39, 0.29) is 27.9 Å². The first kappa shape index (κ1) is 17.4. The van der Waals surface area contributed by atoms with Gasteiger partial charge in [-0.3, -0.25) is 0 Å². The number of rotatable bonds is 4. The summed E-state index contributed by atoms with van der Waals surface area (Å²) in [6, 6.07) is 5.13. The fourth-order valence-electron chi connectivity index (χ4n) is 1.74. The van der Waals surface area contributed by atoms with Crippen molar-refractivity contribution >= 4 is 40.9 Å². The maximum Gasteiger partial charge on any atom is 0.427 e. The van der Waals surface area contributed by atoms with Crippen molar-refractivity contribution in [1.82, 2.24) is 9.89 Å². The maximum absolute atomic E-state index is 11.5. The fourth-order valence-corrected chi connectivity index (χ4v) is 2.37. The van der Waals surface area contributed by atoms with Crippen molar-refractivity contribution in [3.8, 4) is 17.3 Å². The van der Waals surface area contributed by atoms with Gasteiger partial charge in [0.15, 0.2) is 0 Å². The van der Waals surface area contributed by atoms with E-state index in [1.54, 1.807) is 12.1 Å². The van der Waals surface area contributed by atoms with Gasteiger partial charge in [-0.2, -0.15) is 15.2 Å². The lowest BCUT2D eigenvalue weighted by molar-refractivity contribution is 0.157. The molecule has 9 heteroatoms. The molecule has 1 aromatic heterocycles. The standard InChI is InChI=1S/C14H11Cl3N4O2/c1-2-5-23-14(22)20-21-7-8(6-18)13(19-21)9-3-4-10(15)12(17)11(9)16/h3-4,7H,2,5H2,1H3,(H,20,22). The first-order chi connectivity index (χ1) is 11.0. The second kappa shape index (κ2) is 7.55. The number of hydrogen-bond donors (Lipinski definition) is 1. The van der Waals surface area contributed by atoms with Crippen LogP contribution in [-0.2, 0) is 4.74 Å². The van der Waals surface area contributed by atoms with E-state index in [9.17, 15) is 10.1 Å². The van der Waals surface area contributed by atoms with Gasteiger partial charge in [0.1, 0.15) is 17.3 Å². The number of ether oxygens (including phenoxy) is 1.